The van der Waals surface area contributed by atoms with Crippen LogP contribution in [0.5, 0.6) is 0 Å². The van der Waals surface area contributed by atoms with Crippen LogP contribution < -0.4 is 0 Å². The highest BCUT2D eigenvalue weighted by Gasteiger charge is 2.18. The van der Waals surface area contributed by atoms with E-state index in [-0.39, 0.29) is 5.41 Å². The Morgan fingerprint density at radius 1 is 1.05 bits per heavy atom. The molecular weight excluding hydrogens is 324 g/mol. The molecule has 2 aromatic rings. The Balaban J connectivity index is 2.27. The zero-order valence-electron chi connectivity index (χ0n) is 13.2. The van der Waals surface area contributed by atoms with Crippen LogP contribution in [0.4, 0.5) is 0 Å². The highest BCUT2D eigenvalue weighted by molar-refractivity contribution is 9.10. The minimum absolute atomic E-state index is 0.177. The Morgan fingerprint density at radius 2 is 1.62 bits per heavy atom. The maximum Gasteiger partial charge on any atom is 0.104 e. The van der Waals surface area contributed by atoms with Gasteiger partial charge < -0.3 is 5.11 Å². The molecule has 0 spiro atoms. The zero-order valence-corrected chi connectivity index (χ0v) is 14.7. The lowest BCUT2D eigenvalue weighted by molar-refractivity contribution is 0.220. The van der Waals surface area contributed by atoms with E-state index in [0.717, 1.165) is 22.0 Å². The van der Waals surface area contributed by atoms with Crippen molar-refractivity contribution >= 4 is 15.9 Å². The number of hydrogen-bond acceptors (Lipinski definition) is 1. The van der Waals surface area contributed by atoms with Crippen LogP contribution in [0.1, 0.15) is 55.5 Å². The summed E-state index contributed by atoms with van der Waals surface area (Å²) in [6.07, 6.45) is 0.514. The maximum absolute atomic E-state index is 10.5. The number of benzene rings is 2. The monoisotopic (exact) mass is 346 g/mol. The Kier molecular flexibility index (Phi) is 4.90. The topological polar surface area (TPSA) is 20.2 Å². The fourth-order valence-corrected chi connectivity index (χ4v) is 2.69. The van der Waals surface area contributed by atoms with Gasteiger partial charge in [0.05, 0.1) is 0 Å². The van der Waals surface area contributed by atoms with Crippen molar-refractivity contribution in [3.8, 4) is 0 Å². The molecule has 0 radical (unpaired) electrons. The number of aliphatic hydroxyl groups is 1. The molecule has 0 saturated heterocycles. The molecule has 2 rings (SSSR count). The normalized spacial score (nSPS) is 13.2. The van der Waals surface area contributed by atoms with Crippen molar-refractivity contribution in [3.05, 3.63) is 69.2 Å². The maximum atomic E-state index is 10.5. The molecule has 1 unspecified atom stereocenters. The van der Waals surface area contributed by atoms with Gasteiger partial charge in [-0.15, -0.1) is 0 Å². The van der Waals surface area contributed by atoms with E-state index < -0.39 is 6.10 Å². The molecule has 2 heteroatoms. The first-order valence-corrected chi connectivity index (χ1v) is 8.19. The molecule has 0 aromatic heterocycles. The minimum Gasteiger partial charge on any atom is -0.384 e. The summed E-state index contributed by atoms with van der Waals surface area (Å²) in [6.45, 7) is 8.74. The molecule has 1 nitrogen and oxygen atoms in total. The summed E-state index contributed by atoms with van der Waals surface area (Å²) in [5, 5.41) is 10.5. The van der Waals surface area contributed by atoms with Crippen LogP contribution in [0.15, 0.2) is 46.9 Å². The van der Waals surface area contributed by atoms with Crippen LogP contribution in [-0.2, 0) is 5.41 Å². The summed E-state index contributed by atoms with van der Waals surface area (Å²) >= 11 is 3.52. The Bertz CT molecular complexity index is 614. The molecule has 0 aliphatic heterocycles. The van der Waals surface area contributed by atoms with Gasteiger partial charge in [-0.1, -0.05) is 73.1 Å². The molecule has 0 aliphatic rings. The molecule has 0 amide bonds. The van der Waals surface area contributed by atoms with E-state index in [2.05, 4.69) is 48.8 Å². The van der Waals surface area contributed by atoms with Crippen LogP contribution in [0.3, 0.4) is 0 Å². The van der Waals surface area contributed by atoms with Gasteiger partial charge in [0.25, 0.3) is 0 Å². The third-order valence-corrected chi connectivity index (χ3v) is 5.26. The van der Waals surface area contributed by atoms with E-state index in [1.807, 2.05) is 37.3 Å². The zero-order chi connectivity index (χ0) is 15.6. The van der Waals surface area contributed by atoms with Crippen molar-refractivity contribution in [2.75, 3.05) is 0 Å². The molecule has 112 valence electrons. The van der Waals surface area contributed by atoms with Gasteiger partial charge in [0.1, 0.15) is 6.10 Å². The van der Waals surface area contributed by atoms with Crippen molar-refractivity contribution < 1.29 is 5.11 Å². The van der Waals surface area contributed by atoms with Gasteiger partial charge >= 0.3 is 0 Å². The van der Waals surface area contributed by atoms with E-state index >= 15 is 0 Å². The molecule has 0 fully saturated rings. The molecule has 21 heavy (non-hydrogen) atoms. The summed E-state index contributed by atoms with van der Waals surface area (Å²) in [5.41, 5.74) is 4.50. The van der Waals surface area contributed by atoms with Crippen molar-refractivity contribution in [3.63, 3.8) is 0 Å². The lowest BCUT2D eigenvalue weighted by Crippen LogP contribution is -2.15. The third-order valence-electron chi connectivity index (χ3n) is 4.40. The van der Waals surface area contributed by atoms with Crippen LogP contribution >= 0.6 is 15.9 Å². The SMILES string of the molecule is CCC(C)(C)c1ccc(C(O)c2ccc(C)c(Br)c2)cc1. The van der Waals surface area contributed by atoms with Gasteiger partial charge in [-0.05, 0) is 47.1 Å². The summed E-state index contributed by atoms with van der Waals surface area (Å²) in [7, 11) is 0. The van der Waals surface area contributed by atoms with Gasteiger partial charge in [-0.3, -0.25) is 0 Å². The Labute approximate surface area is 136 Å². The second-order valence-electron chi connectivity index (χ2n) is 6.27. The molecule has 0 saturated carbocycles. The molecule has 0 bridgehead atoms. The molecule has 1 atom stereocenters. The number of aliphatic hydroxyl groups excluding tert-OH is 1. The van der Waals surface area contributed by atoms with E-state index in [0.29, 0.717) is 0 Å². The number of aryl methyl sites for hydroxylation is 1. The number of halogens is 1. The van der Waals surface area contributed by atoms with Gasteiger partial charge in [-0.2, -0.15) is 0 Å². The van der Waals surface area contributed by atoms with Gasteiger partial charge in [-0.25, -0.2) is 0 Å². The molecule has 2 aromatic carbocycles. The third kappa shape index (κ3) is 3.56. The van der Waals surface area contributed by atoms with Crippen molar-refractivity contribution in [2.45, 2.75) is 45.6 Å². The van der Waals surface area contributed by atoms with Crippen molar-refractivity contribution in [1.29, 1.82) is 0 Å². The van der Waals surface area contributed by atoms with Crippen LogP contribution in [0.2, 0.25) is 0 Å². The number of hydrogen-bond donors (Lipinski definition) is 1. The first kappa shape index (κ1) is 16.3. The highest BCUT2D eigenvalue weighted by atomic mass is 79.9. The largest absolute Gasteiger partial charge is 0.384 e. The lowest BCUT2D eigenvalue weighted by Gasteiger charge is -2.24. The molecule has 1 N–H and O–H groups in total. The smallest absolute Gasteiger partial charge is 0.104 e. The average Bonchev–Trinajstić information content (AvgIpc) is 2.49. The van der Waals surface area contributed by atoms with E-state index in [4.69, 9.17) is 0 Å². The molecule has 0 aliphatic carbocycles. The van der Waals surface area contributed by atoms with Crippen LogP contribution in [-0.4, -0.2) is 5.11 Å². The fraction of sp³-hybridized carbons (Fsp3) is 0.368. The highest BCUT2D eigenvalue weighted by Crippen LogP contribution is 2.30. The van der Waals surface area contributed by atoms with E-state index in [9.17, 15) is 5.11 Å². The summed E-state index contributed by atoms with van der Waals surface area (Å²) in [4.78, 5) is 0. The van der Waals surface area contributed by atoms with Crippen LogP contribution in [0.25, 0.3) is 0 Å². The Hall–Kier alpha value is -1.12. The predicted octanol–water partition coefficient (Wildman–Crippen LogP) is 5.53. The van der Waals surface area contributed by atoms with E-state index in [1.54, 1.807) is 0 Å². The molecule has 0 heterocycles. The lowest BCUT2D eigenvalue weighted by atomic mass is 9.81. The van der Waals surface area contributed by atoms with E-state index in [1.165, 1.54) is 11.1 Å². The summed E-state index contributed by atoms with van der Waals surface area (Å²) in [5.74, 6) is 0. The fourth-order valence-electron chi connectivity index (χ4n) is 2.29. The summed E-state index contributed by atoms with van der Waals surface area (Å²) in [6, 6.07) is 14.3. The van der Waals surface area contributed by atoms with Crippen LogP contribution in [0, 0.1) is 6.92 Å². The van der Waals surface area contributed by atoms with Gasteiger partial charge in [0, 0.05) is 4.47 Å². The number of rotatable bonds is 4. The Morgan fingerprint density at radius 3 is 2.14 bits per heavy atom. The standard InChI is InChI=1S/C19H23BrO/c1-5-19(3,4)16-10-8-14(9-11-16)18(21)15-7-6-13(2)17(20)12-15/h6-12,18,21H,5H2,1-4H3. The molecular formula is C19H23BrO. The second-order valence-corrected chi connectivity index (χ2v) is 7.12. The van der Waals surface area contributed by atoms with Gasteiger partial charge in [0.2, 0.25) is 0 Å². The second kappa shape index (κ2) is 6.33. The predicted molar refractivity (Wildman–Crippen MR) is 92.7 cm³/mol. The average molecular weight is 347 g/mol. The quantitative estimate of drug-likeness (QED) is 0.771. The van der Waals surface area contributed by atoms with Crippen molar-refractivity contribution in [1.82, 2.24) is 0 Å². The first-order valence-electron chi connectivity index (χ1n) is 7.39. The van der Waals surface area contributed by atoms with Crippen molar-refractivity contribution in [2.24, 2.45) is 0 Å². The van der Waals surface area contributed by atoms with Gasteiger partial charge in [0.15, 0.2) is 0 Å². The summed E-state index contributed by atoms with van der Waals surface area (Å²) < 4.78 is 1.03. The first-order chi connectivity index (χ1) is 9.85. The minimum atomic E-state index is -0.583.